The topological polar surface area (TPSA) is 133 Å². The first-order valence-corrected chi connectivity index (χ1v) is 10.9. The van der Waals surface area contributed by atoms with E-state index in [-0.39, 0.29) is 35.0 Å². The van der Waals surface area contributed by atoms with Gasteiger partial charge in [0.25, 0.3) is 24.1 Å². The van der Waals surface area contributed by atoms with Crippen LogP contribution in [0.1, 0.15) is 46.4 Å². The average molecular weight is 520 g/mol. The molecule has 0 aliphatic heterocycles. The van der Waals surface area contributed by atoms with Crippen molar-refractivity contribution in [2.45, 2.75) is 31.7 Å². The highest BCUT2D eigenvalue weighted by Crippen LogP contribution is 2.42. The van der Waals surface area contributed by atoms with Crippen LogP contribution in [0.4, 0.5) is 28.9 Å². The number of aromatic nitrogens is 3. The van der Waals surface area contributed by atoms with Crippen molar-refractivity contribution in [3.63, 3.8) is 0 Å². The van der Waals surface area contributed by atoms with Crippen molar-refractivity contribution in [3.8, 4) is 5.75 Å². The van der Waals surface area contributed by atoms with Gasteiger partial charge in [-0.2, -0.15) is 4.39 Å². The number of ether oxygens (including phenoxy) is 1. The predicted octanol–water partition coefficient (Wildman–Crippen LogP) is 3.38. The zero-order valence-corrected chi connectivity index (χ0v) is 19.2. The normalized spacial score (nSPS) is 16.5. The number of hydrogen-bond acceptors (Lipinski definition) is 8. The summed E-state index contributed by atoms with van der Waals surface area (Å²) in [6.07, 6.45) is -0.0135. The summed E-state index contributed by atoms with van der Waals surface area (Å²) in [7, 11) is 0. The summed E-state index contributed by atoms with van der Waals surface area (Å²) in [4.78, 5) is 41.2. The van der Waals surface area contributed by atoms with Crippen molar-refractivity contribution in [2.24, 2.45) is 5.73 Å². The summed E-state index contributed by atoms with van der Waals surface area (Å²) in [5, 5.41) is 3.31. The number of anilines is 2. The maximum absolute atomic E-state index is 14.6. The van der Waals surface area contributed by atoms with Gasteiger partial charge in [0.15, 0.2) is 5.82 Å². The van der Waals surface area contributed by atoms with Crippen LogP contribution in [0.25, 0.3) is 0 Å². The van der Waals surface area contributed by atoms with Gasteiger partial charge in [-0.3, -0.25) is 19.4 Å². The number of rotatable bonds is 10. The second-order valence-electron chi connectivity index (χ2n) is 7.85. The van der Waals surface area contributed by atoms with Crippen molar-refractivity contribution in [3.05, 3.63) is 71.8 Å². The van der Waals surface area contributed by atoms with Gasteiger partial charge in [-0.05, 0) is 25.1 Å². The number of pyridine rings is 1. The lowest BCUT2D eigenvalue weighted by molar-refractivity contribution is 0.0582. The van der Waals surface area contributed by atoms with E-state index < -0.39 is 48.2 Å². The summed E-state index contributed by atoms with van der Waals surface area (Å²) < 4.78 is 59.3. The lowest BCUT2D eigenvalue weighted by Gasteiger charge is -2.25. The minimum Gasteiger partial charge on any atom is -0.453 e. The lowest BCUT2D eigenvalue weighted by atomic mass is 10.1. The number of carbonyl (C=O) groups is 2. The molecule has 1 aliphatic rings. The number of hydrogen-bond donors (Lipinski definition) is 2. The molecule has 2 aromatic heterocycles. The second-order valence-corrected chi connectivity index (χ2v) is 7.85. The van der Waals surface area contributed by atoms with Gasteiger partial charge in [0, 0.05) is 18.7 Å². The average Bonchev–Trinajstić information content (AvgIpc) is 3.47. The van der Waals surface area contributed by atoms with Crippen LogP contribution in [0, 0.1) is 5.82 Å². The number of nitrogens with zero attached hydrogens (tertiary/aromatic N) is 4. The van der Waals surface area contributed by atoms with Crippen LogP contribution in [-0.2, 0) is 4.84 Å². The fourth-order valence-electron chi connectivity index (χ4n) is 3.24. The Morgan fingerprint density at radius 2 is 1.92 bits per heavy atom. The van der Waals surface area contributed by atoms with Crippen molar-refractivity contribution < 1.29 is 36.7 Å². The van der Waals surface area contributed by atoms with E-state index in [4.69, 9.17) is 15.3 Å². The maximum atomic E-state index is 14.6. The SMILES string of the molecule is CCON(c1cccc(OC(F)c2ncc(F)cn2)c1)c1cc(C(=O)NC2CC2(F)F)ncc1C(N)=O. The molecule has 0 saturated heterocycles. The molecule has 37 heavy (non-hydrogen) atoms. The molecule has 4 rings (SSSR count). The fourth-order valence-corrected chi connectivity index (χ4v) is 3.24. The quantitative estimate of drug-likeness (QED) is 0.307. The highest BCUT2D eigenvalue weighted by molar-refractivity contribution is 6.01. The van der Waals surface area contributed by atoms with Gasteiger partial charge < -0.3 is 15.8 Å². The minimum atomic E-state index is -2.99. The highest BCUT2D eigenvalue weighted by Gasteiger charge is 2.58. The van der Waals surface area contributed by atoms with Gasteiger partial charge in [-0.15, -0.1) is 0 Å². The van der Waals surface area contributed by atoms with E-state index in [1.807, 2.05) is 0 Å². The third-order valence-electron chi connectivity index (χ3n) is 5.12. The van der Waals surface area contributed by atoms with Gasteiger partial charge in [-0.1, -0.05) is 6.07 Å². The summed E-state index contributed by atoms with van der Waals surface area (Å²) in [5.41, 5.74) is 5.27. The molecule has 1 aromatic carbocycles. The Morgan fingerprint density at radius 1 is 1.22 bits per heavy atom. The predicted molar refractivity (Wildman–Crippen MR) is 120 cm³/mol. The van der Waals surface area contributed by atoms with Crippen LogP contribution in [0.5, 0.6) is 5.75 Å². The largest absolute Gasteiger partial charge is 0.453 e. The van der Waals surface area contributed by atoms with E-state index >= 15 is 0 Å². The van der Waals surface area contributed by atoms with Gasteiger partial charge in [0.05, 0.1) is 42.0 Å². The molecule has 3 aromatic rings. The smallest absolute Gasteiger partial charge is 0.297 e. The fraction of sp³-hybridized carbons (Fsp3) is 0.261. The minimum absolute atomic E-state index is 0.00811. The van der Waals surface area contributed by atoms with E-state index in [0.717, 1.165) is 29.7 Å². The Bertz CT molecular complexity index is 1310. The molecule has 2 amide bonds. The van der Waals surface area contributed by atoms with Gasteiger partial charge in [-0.25, -0.2) is 28.2 Å². The molecule has 0 radical (unpaired) electrons. The zero-order valence-electron chi connectivity index (χ0n) is 19.2. The number of nitrogens with two attached hydrogens (primary N) is 1. The van der Waals surface area contributed by atoms with Crippen molar-refractivity contribution in [1.82, 2.24) is 20.3 Å². The van der Waals surface area contributed by atoms with Gasteiger partial charge in [0.1, 0.15) is 11.4 Å². The van der Waals surface area contributed by atoms with Gasteiger partial charge in [0.2, 0.25) is 5.82 Å². The number of primary amides is 1. The molecule has 194 valence electrons. The van der Waals surface area contributed by atoms with Crippen LogP contribution < -0.4 is 20.9 Å². The molecule has 1 fully saturated rings. The number of amides is 2. The van der Waals surface area contributed by atoms with Crippen molar-refractivity contribution in [1.29, 1.82) is 0 Å². The Hall–Kier alpha value is -4.33. The van der Waals surface area contributed by atoms with Crippen molar-refractivity contribution >= 4 is 23.2 Å². The Kier molecular flexibility index (Phi) is 7.20. The standard InChI is InChI=1S/C23H20F4N6O4/c1-2-36-33(13-4-3-5-14(6-13)37-19(25)21-30-9-12(24)10-31-21)17-7-16(29-11-15(17)20(28)34)22(35)32-18-8-23(18,26)27/h3-7,9-11,18-19H,2,8H2,1H3,(H2,28,34)(H,32,35). The van der Waals surface area contributed by atoms with E-state index in [1.54, 1.807) is 6.92 Å². The molecule has 2 atom stereocenters. The number of alkyl halides is 3. The molecular weight excluding hydrogens is 500 g/mol. The first kappa shape index (κ1) is 25.8. The maximum Gasteiger partial charge on any atom is 0.297 e. The number of nitrogens with one attached hydrogen (secondary N) is 1. The Balaban J connectivity index is 1.64. The third kappa shape index (κ3) is 5.91. The Labute approximate surface area is 207 Å². The molecule has 14 heteroatoms. The summed E-state index contributed by atoms with van der Waals surface area (Å²) >= 11 is 0. The van der Waals surface area contributed by atoms with Crippen molar-refractivity contribution in [2.75, 3.05) is 11.7 Å². The lowest BCUT2D eigenvalue weighted by Crippen LogP contribution is -2.31. The molecule has 3 N–H and O–H groups in total. The molecule has 2 unspecified atom stereocenters. The molecule has 10 nitrogen and oxygen atoms in total. The summed E-state index contributed by atoms with van der Waals surface area (Å²) in [6.45, 7) is 1.72. The molecule has 0 bridgehead atoms. The van der Waals surface area contributed by atoms with E-state index in [2.05, 4.69) is 20.3 Å². The Morgan fingerprint density at radius 3 is 2.54 bits per heavy atom. The molecule has 1 aliphatic carbocycles. The highest BCUT2D eigenvalue weighted by atomic mass is 19.3. The monoisotopic (exact) mass is 520 g/mol. The van der Waals surface area contributed by atoms with E-state index in [1.165, 1.54) is 24.3 Å². The van der Waals surface area contributed by atoms with Crippen LogP contribution in [0.2, 0.25) is 0 Å². The van der Waals surface area contributed by atoms with Gasteiger partial charge >= 0.3 is 0 Å². The number of carbonyl (C=O) groups excluding carboxylic acids is 2. The number of benzene rings is 1. The van der Waals surface area contributed by atoms with Crippen LogP contribution in [-0.4, -0.2) is 45.3 Å². The van der Waals surface area contributed by atoms with E-state index in [9.17, 15) is 27.2 Å². The molecule has 1 saturated carbocycles. The summed E-state index contributed by atoms with van der Waals surface area (Å²) in [5.74, 6) is -5.94. The third-order valence-corrected chi connectivity index (χ3v) is 5.12. The van der Waals surface area contributed by atoms with Crippen LogP contribution in [0.3, 0.4) is 0 Å². The van der Waals surface area contributed by atoms with Crippen LogP contribution in [0.15, 0.2) is 48.9 Å². The van der Waals surface area contributed by atoms with Crippen LogP contribution >= 0.6 is 0 Å². The summed E-state index contributed by atoms with van der Waals surface area (Å²) in [6, 6.07) is 5.63. The molecular formula is C23H20F4N6O4. The van der Waals surface area contributed by atoms with E-state index in [0.29, 0.717) is 0 Å². The second kappa shape index (κ2) is 10.3. The molecule has 2 heterocycles. The first-order valence-electron chi connectivity index (χ1n) is 10.9. The first-order chi connectivity index (χ1) is 17.6. The number of halogens is 4. The zero-order chi connectivity index (χ0) is 26.7. The molecule has 0 spiro atoms.